The van der Waals surface area contributed by atoms with Crippen molar-refractivity contribution in [1.29, 1.82) is 0 Å². The number of fused-ring (bicyclic) bond motifs is 1. The second-order valence-electron chi connectivity index (χ2n) is 7.35. The van der Waals surface area contributed by atoms with Crippen molar-refractivity contribution in [3.63, 3.8) is 0 Å². The molecule has 0 aliphatic carbocycles. The van der Waals surface area contributed by atoms with E-state index in [4.69, 9.17) is 4.74 Å². The molecule has 3 aromatic rings. The summed E-state index contributed by atoms with van der Waals surface area (Å²) < 4.78 is 31.3. The number of hydrogen-bond donors (Lipinski definition) is 1. The molecule has 1 aliphatic rings. The van der Waals surface area contributed by atoms with E-state index in [2.05, 4.69) is 20.4 Å². The third-order valence-corrected chi connectivity index (χ3v) is 5.98. The van der Waals surface area contributed by atoms with Gasteiger partial charge in [-0.3, -0.25) is 0 Å². The lowest BCUT2D eigenvalue weighted by Crippen LogP contribution is -2.34. The number of piperidine rings is 1. The van der Waals surface area contributed by atoms with Crippen LogP contribution in [-0.4, -0.2) is 67.7 Å². The summed E-state index contributed by atoms with van der Waals surface area (Å²) in [5.74, 6) is 1.04. The van der Waals surface area contributed by atoms with Crippen LogP contribution in [0.15, 0.2) is 35.4 Å². The molecule has 10 heteroatoms. The average molecular weight is 417 g/mol. The van der Waals surface area contributed by atoms with E-state index in [1.165, 1.54) is 6.26 Å². The fraction of sp³-hybridized carbons (Fsp3) is 0.421. The molecule has 2 aromatic heterocycles. The van der Waals surface area contributed by atoms with Gasteiger partial charge in [-0.05, 0) is 50.2 Å². The van der Waals surface area contributed by atoms with Gasteiger partial charge in [-0.25, -0.2) is 13.1 Å². The molecule has 0 saturated carbocycles. The number of anilines is 1. The van der Waals surface area contributed by atoms with E-state index < -0.39 is 9.84 Å². The molecular weight excluding hydrogens is 392 g/mol. The van der Waals surface area contributed by atoms with Gasteiger partial charge in [-0.15, -0.1) is 0 Å². The minimum Gasteiger partial charge on any atom is -0.474 e. The number of hydrogen-bond acceptors (Lipinski definition) is 8. The number of benzene rings is 1. The Balaban J connectivity index is 1.78. The Labute approximate surface area is 169 Å². The zero-order chi connectivity index (χ0) is 20.6. The number of sulfone groups is 1. The van der Waals surface area contributed by atoms with Crippen LogP contribution in [0.5, 0.6) is 5.88 Å². The topological polar surface area (TPSA) is 102 Å². The maximum atomic E-state index is 11.7. The summed E-state index contributed by atoms with van der Waals surface area (Å²) in [7, 11) is 0.485. The molecule has 0 radical (unpaired) electrons. The van der Waals surface area contributed by atoms with Gasteiger partial charge in [0.05, 0.1) is 16.8 Å². The molecule has 1 saturated heterocycles. The van der Waals surface area contributed by atoms with Crippen molar-refractivity contribution >= 4 is 26.8 Å². The van der Waals surface area contributed by atoms with Crippen molar-refractivity contribution in [3.8, 4) is 11.6 Å². The van der Waals surface area contributed by atoms with E-state index in [-0.39, 0.29) is 11.0 Å². The molecule has 1 aliphatic heterocycles. The van der Waals surface area contributed by atoms with Crippen LogP contribution < -0.4 is 15.0 Å². The van der Waals surface area contributed by atoms with E-state index in [0.717, 1.165) is 31.3 Å². The van der Waals surface area contributed by atoms with Crippen LogP contribution in [0.1, 0.15) is 12.8 Å². The van der Waals surface area contributed by atoms with Gasteiger partial charge in [0, 0.05) is 20.4 Å². The number of rotatable bonds is 5. The molecule has 1 N–H and O–H groups in total. The van der Waals surface area contributed by atoms with E-state index in [1.807, 2.05) is 19.0 Å². The van der Waals surface area contributed by atoms with Gasteiger partial charge in [-0.2, -0.15) is 15.1 Å². The Bertz CT molecular complexity index is 1120. The van der Waals surface area contributed by atoms with Crippen molar-refractivity contribution in [2.45, 2.75) is 23.8 Å². The summed E-state index contributed by atoms with van der Waals surface area (Å²) in [4.78, 5) is 11.3. The second kappa shape index (κ2) is 7.60. The van der Waals surface area contributed by atoms with E-state index in [9.17, 15) is 8.42 Å². The molecule has 0 bridgehead atoms. The molecule has 0 amide bonds. The van der Waals surface area contributed by atoms with Crippen molar-refractivity contribution in [2.75, 3.05) is 38.3 Å². The number of nitrogens with one attached hydrogen (secondary N) is 1. The lowest BCUT2D eigenvalue weighted by Gasteiger charge is -2.24. The van der Waals surface area contributed by atoms with Gasteiger partial charge in [0.1, 0.15) is 11.5 Å². The zero-order valence-corrected chi connectivity index (χ0v) is 17.5. The molecule has 1 aromatic carbocycles. The summed E-state index contributed by atoms with van der Waals surface area (Å²) >= 11 is 0. The highest BCUT2D eigenvalue weighted by atomic mass is 32.2. The largest absolute Gasteiger partial charge is 0.474 e. The third kappa shape index (κ3) is 4.03. The third-order valence-electron chi connectivity index (χ3n) is 4.86. The fourth-order valence-corrected chi connectivity index (χ4v) is 3.89. The van der Waals surface area contributed by atoms with Crippen LogP contribution in [0.4, 0.5) is 5.95 Å². The molecule has 4 rings (SSSR count). The van der Waals surface area contributed by atoms with Crippen molar-refractivity contribution in [2.24, 2.45) is 0 Å². The quantitative estimate of drug-likeness (QED) is 0.666. The average Bonchev–Trinajstić information content (AvgIpc) is 3.12. The van der Waals surface area contributed by atoms with Crippen LogP contribution >= 0.6 is 0 Å². The van der Waals surface area contributed by atoms with Crippen LogP contribution in [0.3, 0.4) is 0 Å². The number of nitrogens with zero attached hydrogens (tertiary/aromatic N) is 5. The molecule has 3 heterocycles. The maximum Gasteiger partial charge on any atom is 0.230 e. The molecule has 1 fully saturated rings. The Hall–Kier alpha value is -2.72. The lowest BCUT2D eigenvalue weighted by molar-refractivity contribution is 0.158. The highest BCUT2D eigenvalue weighted by molar-refractivity contribution is 7.90. The van der Waals surface area contributed by atoms with Gasteiger partial charge in [0.2, 0.25) is 11.8 Å². The van der Waals surface area contributed by atoms with Gasteiger partial charge in [-0.1, -0.05) is 0 Å². The molecule has 0 spiro atoms. The molecule has 154 valence electrons. The minimum absolute atomic E-state index is 0.0988. The van der Waals surface area contributed by atoms with Crippen molar-refractivity contribution in [1.82, 2.24) is 25.1 Å². The van der Waals surface area contributed by atoms with E-state index in [1.54, 1.807) is 35.1 Å². The van der Waals surface area contributed by atoms with Gasteiger partial charge in [0.25, 0.3) is 0 Å². The molecule has 29 heavy (non-hydrogen) atoms. The summed E-state index contributed by atoms with van der Waals surface area (Å²) in [6, 6.07) is 6.57. The monoisotopic (exact) mass is 416 g/mol. The molecular formula is C19H24N6O3S. The smallest absolute Gasteiger partial charge is 0.230 e. The standard InChI is InChI=1S/C19H24N6O3S/c1-24(2)19-22-17-16(18(23-19)28-14-8-10-20-11-9-14)12-21-25(17)13-4-6-15(7-5-13)29(3,26)27/h4-7,12,14,20H,8-11H2,1-3H3. The highest BCUT2D eigenvalue weighted by Gasteiger charge is 2.21. The lowest BCUT2D eigenvalue weighted by atomic mass is 10.1. The van der Waals surface area contributed by atoms with Gasteiger partial charge >= 0.3 is 0 Å². The Kier molecular flexibility index (Phi) is 5.13. The van der Waals surface area contributed by atoms with Crippen LogP contribution in [0.2, 0.25) is 0 Å². The molecule has 0 atom stereocenters. The fourth-order valence-electron chi connectivity index (χ4n) is 3.26. The SMILES string of the molecule is CN(C)c1nc(OC2CCNCC2)c2cnn(-c3ccc(S(C)(=O)=O)cc3)c2n1. The summed E-state index contributed by atoms with van der Waals surface area (Å²) in [6.45, 7) is 1.84. The minimum atomic E-state index is -3.26. The first-order valence-corrected chi connectivity index (χ1v) is 11.3. The van der Waals surface area contributed by atoms with Crippen LogP contribution in [0.25, 0.3) is 16.7 Å². The molecule has 0 unspecified atom stereocenters. The highest BCUT2D eigenvalue weighted by Crippen LogP contribution is 2.28. The summed E-state index contributed by atoms with van der Waals surface area (Å²) in [5, 5.41) is 8.52. The molecule has 9 nitrogen and oxygen atoms in total. The maximum absolute atomic E-state index is 11.7. The van der Waals surface area contributed by atoms with Crippen LogP contribution in [-0.2, 0) is 9.84 Å². The number of ether oxygens (including phenoxy) is 1. The Morgan fingerprint density at radius 1 is 1.14 bits per heavy atom. The van der Waals surface area contributed by atoms with Crippen molar-refractivity contribution in [3.05, 3.63) is 30.5 Å². The van der Waals surface area contributed by atoms with E-state index in [0.29, 0.717) is 23.2 Å². The Morgan fingerprint density at radius 2 is 1.83 bits per heavy atom. The van der Waals surface area contributed by atoms with E-state index >= 15 is 0 Å². The summed E-state index contributed by atoms with van der Waals surface area (Å²) in [5.41, 5.74) is 1.32. The predicted octanol–water partition coefficient (Wildman–Crippen LogP) is 1.42. The Morgan fingerprint density at radius 3 is 2.45 bits per heavy atom. The second-order valence-corrected chi connectivity index (χ2v) is 9.37. The first-order valence-electron chi connectivity index (χ1n) is 9.44. The van der Waals surface area contributed by atoms with Crippen molar-refractivity contribution < 1.29 is 13.2 Å². The predicted molar refractivity (Wildman–Crippen MR) is 111 cm³/mol. The zero-order valence-electron chi connectivity index (χ0n) is 16.7. The van der Waals surface area contributed by atoms with Crippen LogP contribution in [0, 0.1) is 0 Å². The normalized spacial score (nSPS) is 15.6. The first-order chi connectivity index (χ1) is 13.8. The first kappa shape index (κ1) is 19.6. The van der Waals surface area contributed by atoms with Gasteiger partial charge in [0.15, 0.2) is 15.5 Å². The number of aromatic nitrogens is 4. The van der Waals surface area contributed by atoms with Gasteiger partial charge < -0.3 is 15.0 Å². The summed E-state index contributed by atoms with van der Waals surface area (Å²) in [6.07, 6.45) is 4.82.